The van der Waals surface area contributed by atoms with Gasteiger partial charge < -0.3 is 14.8 Å². The predicted molar refractivity (Wildman–Crippen MR) is 77.6 cm³/mol. The minimum absolute atomic E-state index is 0.330. The van der Waals surface area contributed by atoms with Crippen LogP contribution < -0.4 is 10.1 Å². The highest BCUT2D eigenvalue weighted by atomic mass is 16.5. The van der Waals surface area contributed by atoms with Crippen molar-refractivity contribution in [1.29, 1.82) is 0 Å². The smallest absolute Gasteiger partial charge is 0.123 e. The molecular formula is C16H25NO2. The molecule has 0 amide bonds. The largest absolute Gasteiger partial charge is 0.496 e. The van der Waals surface area contributed by atoms with E-state index in [4.69, 9.17) is 9.47 Å². The lowest BCUT2D eigenvalue weighted by Crippen LogP contribution is -2.39. The Hall–Kier alpha value is -1.06. The molecule has 3 heteroatoms. The Kier molecular flexibility index (Phi) is 5.23. The van der Waals surface area contributed by atoms with Gasteiger partial charge in [-0.2, -0.15) is 0 Å². The van der Waals surface area contributed by atoms with E-state index in [0.29, 0.717) is 18.2 Å². The molecule has 1 saturated carbocycles. The van der Waals surface area contributed by atoms with Crippen LogP contribution in [0.15, 0.2) is 24.3 Å². The lowest BCUT2D eigenvalue weighted by molar-refractivity contribution is 0.0808. The van der Waals surface area contributed by atoms with Gasteiger partial charge in [0.05, 0.1) is 13.2 Å². The summed E-state index contributed by atoms with van der Waals surface area (Å²) < 4.78 is 11.0. The van der Waals surface area contributed by atoms with E-state index in [9.17, 15) is 0 Å². The summed E-state index contributed by atoms with van der Waals surface area (Å²) in [6, 6.07) is 9.06. The second kappa shape index (κ2) is 6.92. The summed E-state index contributed by atoms with van der Waals surface area (Å²) in [7, 11) is 3.55. The summed E-state index contributed by atoms with van der Waals surface area (Å²) in [5.41, 5.74) is 1.24. The molecule has 1 fully saturated rings. The summed E-state index contributed by atoms with van der Waals surface area (Å²) >= 11 is 0. The monoisotopic (exact) mass is 263 g/mol. The highest BCUT2D eigenvalue weighted by Gasteiger charge is 2.29. The lowest BCUT2D eigenvalue weighted by Gasteiger charge is -2.27. The Morgan fingerprint density at radius 3 is 2.74 bits per heavy atom. The Morgan fingerprint density at radius 2 is 2.05 bits per heavy atom. The highest BCUT2D eigenvalue weighted by molar-refractivity contribution is 5.35. The number of nitrogens with one attached hydrogen (secondary N) is 1. The van der Waals surface area contributed by atoms with Crippen LogP contribution >= 0.6 is 0 Å². The molecule has 106 valence electrons. The SMILES string of the molecule is CCC(NC1CCCC1OC)c1ccccc1OC. The zero-order valence-corrected chi connectivity index (χ0v) is 12.2. The minimum atomic E-state index is 0.330. The minimum Gasteiger partial charge on any atom is -0.496 e. The van der Waals surface area contributed by atoms with Crippen molar-refractivity contribution in [2.45, 2.75) is 50.8 Å². The fourth-order valence-corrected chi connectivity index (χ4v) is 3.04. The Morgan fingerprint density at radius 1 is 1.26 bits per heavy atom. The second-order valence-electron chi connectivity index (χ2n) is 5.18. The maximum absolute atomic E-state index is 5.57. The van der Waals surface area contributed by atoms with Crippen molar-refractivity contribution >= 4 is 0 Å². The first-order valence-corrected chi connectivity index (χ1v) is 7.21. The summed E-state index contributed by atoms with van der Waals surface area (Å²) in [6.45, 7) is 2.21. The molecule has 1 aliphatic carbocycles. The average Bonchev–Trinajstić information content (AvgIpc) is 2.92. The Balaban J connectivity index is 2.11. The van der Waals surface area contributed by atoms with Crippen LogP contribution in [0.1, 0.15) is 44.2 Å². The summed E-state index contributed by atoms with van der Waals surface area (Å²) in [6.07, 6.45) is 5.01. The second-order valence-corrected chi connectivity index (χ2v) is 5.18. The summed E-state index contributed by atoms with van der Waals surface area (Å²) in [5, 5.41) is 3.75. The third-order valence-electron chi connectivity index (χ3n) is 4.09. The van der Waals surface area contributed by atoms with Crippen LogP contribution in [0.2, 0.25) is 0 Å². The fourth-order valence-electron chi connectivity index (χ4n) is 3.04. The molecule has 3 atom stereocenters. The van der Waals surface area contributed by atoms with Gasteiger partial charge in [0.2, 0.25) is 0 Å². The van der Waals surface area contributed by atoms with Crippen molar-refractivity contribution in [3.8, 4) is 5.75 Å². The molecule has 1 aromatic rings. The van der Waals surface area contributed by atoms with Crippen LogP contribution in [0.4, 0.5) is 0 Å². The maximum Gasteiger partial charge on any atom is 0.123 e. The summed E-state index contributed by atoms with van der Waals surface area (Å²) in [4.78, 5) is 0. The van der Waals surface area contributed by atoms with E-state index >= 15 is 0 Å². The van der Waals surface area contributed by atoms with Crippen LogP contribution in [0.3, 0.4) is 0 Å². The molecule has 1 N–H and O–H groups in total. The maximum atomic E-state index is 5.57. The molecule has 1 aromatic carbocycles. The molecule has 2 rings (SSSR count). The van der Waals surface area contributed by atoms with Gasteiger partial charge in [0.1, 0.15) is 5.75 Å². The van der Waals surface area contributed by atoms with Gasteiger partial charge in [-0.3, -0.25) is 0 Å². The number of hydrogen-bond acceptors (Lipinski definition) is 3. The standard InChI is InChI=1S/C16H25NO2/c1-4-13(12-8-5-6-10-15(12)18-2)17-14-9-7-11-16(14)19-3/h5-6,8,10,13-14,16-17H,4,7,9,11H2,1-3H3. The highest BCUT2D eigenvalue weighted by Crippen LogP contribution is 2.30. The molecule has 19 heavy (non-hydrogen) atoms. The van der Waals surface area contributed by atoms with E-state index in [0.717, 1.165) is 18.6 Å². The topological polar surface area (TPSA) is 30.5 Å². The zero-order valence-electron chi connectivity index (χ0n) is 12.2. The quantitative estimate of drug-likeness (QED) is 0.854. The van der Waals surface area contributed by atoms with Crippen molar-refractivity contribution in [2.75, 3.05) is 14.2 Å². The van der Waals surface area contributed by atoms with E-state index in [1.807, 2.05) is 19.2 Å². The molecule has 3 unspecified atom stereocenters. The third-order valence-corrected chi connectivity index (χ3v) is 4.09. The van der Waals surface area contributed by atoms with Gasteiger partial charge in [0.25, 0.3) is 0 Å². The number of rotatable bonds is 6. The normalized spacial score (nSPS) is 24.4. The predicted octanol–water partition coefficient (Wildman–Crippen LogP) is 3.30. The van der Waals surface area contributed by atoms with E-state index in [-0.39, 0.29) is 0 Å². The van der Waals surface area contributed by atoms with Gasteiger partial charge in [-0.05, 0) is 31.7 Å². The van der Waals surface area contributed by atoms with Crippen molar-refractivity contribution < 1.29 is 9.47 Å². The third kappa shape index (κ3) is 3.28. The van der Waals surface area contributed by atoms with Crippen LogP contribution in [-0.4, -0.2) is 26.4 Å². The van der Waals surface area contributed by atoms with Crippen molar-refractivity contribution in [3.63, 3.8) is 0 Å². The van der Waals surface area contributed by atoms with Gasteiger partial charge in [0.15, 0.2) is 0 Å². The molecule has 3 nitrogen and oxygen atoms in total. The van der Waals surface area contributed by atoms with Crippen molar-refractivity contribution in [1.82, 2.24) is 5.32 Å². The van der Waals surface area contributed by atoms with E-state index in [2.05, 4.69) is 24.4 Å². The van der Waals surface area contributed by atoms with E-state index in [1.165, 1.54) is 18.4 Å². The first-order valence-electron chi connectivity index (χ1n) is 7.21. The number of methoxy groups -OCH3 is 2. The first kappa shape index (κ1) is 14.4. The van der Waals surface area contributed by atoms with Crippen LogP contribution in [0.5, 0.6) is 5.75 Å². The van der Waals surface area contributed by atoms with Crippen molar-refractivity contribution in [2.24, 2.45) is 0 Å². The number of benzene rings is 1. The zero-order chi connectivity index (χ0) is 13.7. The number of ether oxygens (including phenoxy) is 2. The Labute approximate surface area is 116 Å². The molecule has 0 bridgehead atoms. The van der Waals surface area contributed by atoms with Crippen molar-refractivity contribution in [3.05, 3.63) is 29.8 Å². The molecular weight excluding hydrogens is 238 g/mol. The Bertz CT molecular complexity index is 394. The van der Waals surface area contributed by atoms with Crippen LogP contribution in [-0.2, 0) is 4.74 Å². The van der Waals surface area contributed by atoms with Gasteiger partial charge in [-0.1, -0.05) is 25.1 Å². The first-order chi connectivity index (χ1) is 9.30. The van der Waals surface area contributed by atoms with E-state index in [1.54, 1.807) is 7.11 Å². The molecule has 0 saturated heterocycles. The number of hydrogen-bond donors (Lipinski definition) is 1. The van der Waals surface area contributed by atoms with Gasteiger partial charge in [0, 0.05) is 24.8 Å². The van der Waals surface area contributed by atoms with Gasteiger partial charge in [-0.25, -0.2) is 0 Å². The molecule has 0 radical (unpaired) electrons. The molecule has 0 aromatic heterocycles. The molecule has 0 heterocycles. The van der Waals surface area contributed by atoms with Crippen LogP contribution in [0, 0.1) is 0 Å². The van der Waals surface area contributed by atoms with Gasteiger partial charge in [-0.15, -0.1) is 0 Å². The van der Waals surface area contributed by atoms with E-state index < -0.39 is 0 Å². The molecule has 0 spiro atoms. The molecule has 0 aliphatic heterocycles. The van der Waals surface area contributed by atoms with Gasteiger partial charge >= 0.3 is 0 Å². The molecule has 1 aliphatic rings. The average molecular weight is 263 g/mol. The van der Waals surface area contributed by atoms with Crippen LogP contribution in [0.25, 0.3) is 0 Å². The summed E-state index contributed by atoms with van der Waals surface area (Å²) in [5.74, 6) is 0.966. The fraction of sp³-hybridized carbons (Fsp3) is 0.625. The number of para-hydroxylation sites is 1. The lowest BCUT2D eigenvalue weighted by atomic mass is 10.0.